The summed E-state index contributed by atoms with van der Waals surface area (Å²) in [5.74, 6) is 0.222. The van der Waals surface area contributed by atoms with Gasteiger partial charge in [-0.05, 0) is 24.1 Å². The van der Waals surface area contributed by atoms with Gasteiger partial charge in [0.2, 0.25) is 11.8 Å². The Kier molecular flexibility index (Phi) is 3.21. The van der Waals surface area contributed by atoms with Gasteiger partial charge >= 0.3 is 0 Å². The number of nitriles is 1. The van der Waals surface area contributed by atoms with Crippen LogP contribution in [0, 0.1) is 11.3 Å². The molecule has 0 saturated carbocycles. The van der Waals surface area contributed by atoms with Crippen LogP contribution in [0.25, 0.3) is 10.9 Å². The van der Waals surface area contributed by atoms with Crippen LogP contribution in [-0.4, -0.2) is 15.2 Å². The van der Waals surface area contributed by atoms with Crippen LogP contribution in [0.2, 0.25) is 0 Å². The molecule has 1 aliphatic rings. The summed E-state index contributed by atoms with van der Waals surface area (Å²) < 4.78 is 5.56. The zero-order valence-corrected chi connectivity index (χ0v) is 13.1. The fraction of sp³-hybridized carbons (Fsp3) is 0.167. The second kappa shape index (κ2) is 5.39. The van der Waals surface area contributed by atoms with Crippen LogP contribution in [0.5, 0.6) is 5.88 Å². The van der Waals surface area contributed by atoms with E-state index >= 15 is 0 Å². The Labute approximate surface area is 138 Å². The molecule has 2 aromatic heterocycles. The van der Waals surface area contributed by atoms with Crippen molar-refractivity contribution in [1.29, 1.82) is 5.26 Å². The minimum Gasteiger partial charge on any atom is -0.420 e. The number of nitrogens with two attached hydrogens (primary N) is 1. The van der Waals surface area contributed by atoms with Crippen LogP contribution in [0.15, 0.2) is 48.0 Å². The molecular formula is C18H15N5O. The highest BCUT2D eigenvalue weighted by molar-refractivity contribution is 5.84. The number of fused-ring (bicyclic) bond motifs is 2. The van der Waals surface area contributed by atoms with Gasteiger partial charge in [0.1, 0.15) is 11.6 Å². The van der Waals surface area contributed by atoms with E-state index in [4.69, 9.17) is 10.5 Å². The zero-order chi connectivity index (χ0) is 16.7. The number of aromatic nitrogens is 3. The van der Waals surface area contributed by atoms with Crippen molar-refractivity contribution in [3.8, 4) is 11.9 Å². The molecule has 0 saturated heterocycles. The molecule has 0 aliphatic carbocycles. The molecule has 118 valence electrons. The largest absolute Gasteiger partial charge is 0.420 e. The second-order valence-electron chi connectivity index (χ2n) is 5.62. The van der Waals surface area contributed by atoms with E-state index in [1.54, 1.807) is 6.20 Å². The Hall–Kier alpha value is -3.33. The normalized spacial score (nSPS) is 16.6. The topological polar surface area (TPSA) is 101 Å². The molecule has 1 aromatic carbocycles. The summed E-state index contributed by atoms with van der Waals surface area (Å²) in [5.41, 5.74) is 10.1. The van der Waals surface area contributed by atoms with Crippen LogP contribution in [0.3, 0.4) is 0 Å². The van der Waals surface area contributed by atoms with Crippen molar-refractivity contribution in [2.24, 2.45) is 5.73 Å². The molecular weight excluding hydrogens is 302 g/mol. The molecule has 3 aromatic rings. The maximum atomic E-state index is 9.68. The van der Waals surface area contributed by atoms with E-state index < -0.39 is 0 Å². The summed E-state index contributed by atoms with van der Waals surface area (Å²) in [7, 11) is 0. The van der Waals surface area contributed by atoms with E-state index in [1.165, 1.54) is 0 Å². The van der Waals surface area contributed by atoms with Gasteiger partial charge in [-0.1, -0.05) is 25.1 Å². The molecule has 0 unspecified atom stereocenters. The molecule has 0 radical (unpaired) electrons. The summed E-state index contributed by atoms with van der Waals surface area (Å²) in [6.45, 7) is 2.03. The van der Waals surface area contributed by atoms with E-state index in [1.807, 2.05) is 37.3 Å². The predicted octanol–water partition coefficient (Wildman–Crippen LogP) is 2.74. The van der Waals surface area contributed by atoms with E-state index in [0.29, 0.717) is 11.5 Å². The van der Waals surface area contributed by atoms with Gasteiger partial charge < -0.3 is 10.5 Å². The molecule has 3 heterocycles. The number of pyridine rings is 1. The van der Waals surface area contributed by atoms with Crippen molar-refractivity contribution < 1.29 is 4.74 Å². The van der Waals surface area contributed by atoms with Crippen LogP contribution < -0.4 is 10.5 Å². The van der Waals surface area contributed by atoms with E-state index in [0.717, 1.165) is 34.1 Å². The second-order valence-corrected chi connectivity index (χ2v) is 5.62. The average molecular weight is 317 g/mol. The molecule has 0 amide bonds. The quantitative estimate of drug-likeness (QED) is 0.757. The van der Waals surface area contributed by atoms with E-state index in [-0.39, 0.29) is 11.8 Å². The lowest BCUT2D eigenvalue weighted by atomic mass is 9.82. The third-order valence-electron chi connectivity index (χ3n) is 4.37. The Balaban J connectivity index is 2.05. The minimum atomic E-state index is -0.319. The molecule has 0 bridgehead atoms. The van der Waals surface area contributed by atoms with E-state index in [9.17, 15) is 5.26 Å². The Morgan fingerprint density at radius 2 is 2.17 bits per heavy atom. The first kappa shape index (κ1) is 14.3. The minimum absolute atomic E-state index is 0.102. The predicted molar refractivity (Wildman–Crippen MR) is 89.0 cm³/mol. The Morgan fingerprint density at radius 3 is 2.96 bits per heavy atom. The number of para-hydroxylation sites is 1. The average Bonchev–Trinajstić information content (AvgIpc) is 3.02. The lowest BCUT2D eigenvalue weighted by molar-refractivity contribution is 0.379. The highest BCUT2D eigenvalue weighted by Gasteiger charge is 2.35. The molecule has 3 N–H and O–H groups in total. The first-order valence-electron chi connectivity index (χ1n) is 7.73. The highest BCUT2D eigenvalue weighted by Crippen LogP contribution is 2.44. The number of aromatic amines is 1. The van der Waals surface area contributed by atoms with Crippen LogP contribution in [0.1, 0.15) is 29.7 Å². The molecule has 0 spiro atoms. The van der Waals surface area contributed by atoms with Crippen molar-refractivity contribution >= 4 is 10.9 Å². The maximum Gasteiger partial charge on any atom is 0.244 e. The standard InChI is InChI=1S/C18H15N5O/c1-2-13-16-15(12(9-19)17(20)24-18(16)23-22-13)11-7-8-21-14-6-4-3-5-10(11)14/h3-8,15H,2,20H2,1H3,(H,22,23)/t15-/m1/s1. The monoisotopic (exact) mass is 317 g/mol. The van der Waals surface area contributed by atoms with Crippen molar-refractivity contribution in [3.63, 3.8) is 0 Å². The van der Waals surface area contributed by atoms with Crippen LogP contribution >= 0.6 is 0 Å². The number of benzene rings is 1. The molecule has 4 rings (SSSR count). The number of allylic oxidation sites excluding steroid dienone is 1. The SMILES string of the molecule is CCc1[nH]nc2c1[C@H](c1ccnc3ccccc13)C(C#N)=C(N)O2. The molecule has 24 heavy (non-hydrogen) atoms. The Bertz CT molecular complexity index is 1010. The van der Waals surface area contributed by atoms with Gasteiger partial charge in [-0.2, -0.15) is 5.26 Å². The van der Waals surface area contributed by atoms with Crippen molar-refractivity contribution in [1.82, 2.24) is 15.2 Å². The number of rotatable bonds is 2. The van der Waals surface area contributed by atoms with Gasteiger partial charge in [-0.3, -0.25) is 10.1 Å². The van der Waals surface area contributed by atoms with Gasteiger partial charge in [-0.25, -0.2) is 0 Å². The van der Waals surface area contributed by atoms with Crippen molar-refractivity contribution in [2.75, 3.05) is 0 Å². The molecule has 6 heteroatoms. The third-order valence-corrected chi connectivity index (χ3v) is 4.37. The summed E-state index contributed by atoms with van der Waals surface area (Å²) in [6.07, 6.45) is 2.51. The van der Waals surface area contributed by atoms with Gasteiger partial charge in [0.15, 0.2) is 0 Å². The number of nitrogens with one attached hydrogen (secondary N) is 1. The summed E-state index contributed by atoms with van der Waals surface area (Å²) in [6, 6.07) is 12.0. The van der Waals surface area contributed by atoms with Crippen molar-refractivity contribution in [3.05, 3.63) is 64.8 Å². The third kappa shape index (κ3) is 1.95. The molecule has 1 aliphatic heterocycles. The summed E-state index contributed by atoms with van der Waals surface area (Å²) in [4.78, 5) is 4.41. The lowest BCUT2D eigenvalue weighted by Crippen LogP contribution is -2.21. The highest BCUT2D eigenvalue weighted by atomic mass is 16.5. The molecule has 0 fully saturated rings. The fourth-order valence-corrected chi connectivity index (χ4v) is 3.26. The summed E-state index contributed by atoms with van der Waals surface area (Å²) >= 11 is 0. The Morgan fingerprint density at radius 1 is 1.33 bits per heavy atom. The number of hydrogen-bond donors (Lipinski definition) is 2. The number of nitrogens with zero attached hydrogens (tertiary/aromatic N) is 3. The smallest absolute Gasteiger partial charge is 0.244 e. The first-order valence-corrected chi connectivity index (χ1v) is 7.73. The number of hydrogen-bond acceptors (Lipinski definition) is 5. The lowest BCUT2D eigenvalue weighted by Gasteiger charge is -2.24. The van der Waals surface area contributed by atoms with Gasteiger partial charge in [0, 0.05) is 22.8 Å². The molecule has 6 nitrogen and oxygen atoms in total. The van der Waals surface area contributed by atoms with Crippen LogP contribution in [0.4, 0.5) is 0 Å². The van der Waals surface area contributed by atoms with Crippen LogP contribution in [-0.2, 0) is 6.42 Å². The molecule has 1 atom stereocenters. The maximum absolute atomic E-state index is 9.68. The number of H-pyrrole nitrogens is 1. The zero-order valence-electron chi connectivity index (χ0n) is 13.1. The van der Waals surface area contributed by atoms with Gasteiger partial charge in [0.25, 0.3) is 0 Å². The number of ether oxygens (including phenoxy) is 1. The van der Waals surface area contributed by atoms with Gasteiger partial charge in [0.05, 0.1) is 11.4 Å². The summed E-state index contributed by atoms with van der Waals surface area (Å²) in [5, 5.41) is 17.9. The van der Waals surface area contributed by atoms with Gasteiger partial charge in [-0.15, -0.1) is 5.10 Å². The number of aryl methyl sites for hydroxylation is 1. The fourth-order valence-electron chi connectivity index (χ4n) is 3.26. The van der Waals surface area contributed by atoms with Crippen molar-refractivity contribution in [2.45, 2.75) is 19.3 Å². The van der Waals surface area contributed by atoms with E-state index in [2.05, 4.69) is 21.3 Å². The first-order chi connectivity index (χ1) is 11.7.